The van der Waals surface area contributed by atoms with Crippen molar-refractivity contribution in [3.63, 3.8) is 0 Å². The Hall–Kier alpha value is -0.760. The minimum atomic E-state index is 0.246. The van der Waals surface area contributed by atoms with E-state index in [4.69, 9.17) is 5.73 Å². The van der Waals surface area contributed by atoms with Gasteiger partial charge in [-0.1, -0.05) is 12.8 Å². The molecule has 2 heteroatoms. The molecule has 2 N–H and O–H groups in total. The molecule has 1 saturated carbocycles. The predicted molar refractivity (Wildman–Crippen MR) is 73.2 cm³/mol. The molecule has 1 aliphatic carbocycles. The van der Waals surface area contributed by atoms with Crippen LogP contribution in [-0.2, 0) is 0 Å². The van der Waals surface area contributed by atoms with E-state index in [1.54, 1.807) is 0 Å². The molecule has 0 saturated heterocycles. The van der Waals surface area contributed by atoms with Gasteiger partial charge in [-0.15, -0.1) is 0 Å². The molecule has 1 fully saturated rings. The number of hydrogen-bond acceptors (Lipinski definition) is 1. The summed E-state index contributed by atoms with van der Waals surface area (Å²) in [5.74, 6) is 0.705. The number of rotatable bonds is 3. The molecule has 0 radical (unpaired) electrons. The maximum atomic E-state index is 6.47. The second-order valence-corrected chi connectivity index (χ2v) is 5.86. The van der Waals surface area contributed by atoms with E-state index in [-0.39, 0.29) is 6.04 Å². The molecule has 0 bridgehead atoms. The fourth-order valence-electron chi connectivity index (χ4n) is 3.51. The summed E-state index contributed by atoms with van der Waals surface area (Å²) < 4.78 is 2.41. The molecule has 1 atom stereocenters. The normalized spacial score (nSPS) is 19.2. The summed E-state index contributed by atoms with van der Waals surface area (Å²) in [6.07, 6.45) is 5.35. The fraction of sp³-hybridized carbons (Fsp3) is 0.733. The van der Waals surface area contributed by atoms with Crippen molar-refractivity contribution in [3.8, 4) is 0 Å². The maximum absolute atomic E-state index is 6.47. The first-order valence-corrected chi connectivity index (χ1v) is 6.96. The third-order valence-electron chi connectivity index (χ3n) is 4.31. The molecule has 0 aromatic carbocycles. The second-order valence-electron chi connectivity index (χ2n) is 5.86. The van der Waals surface area contributed by atoms with E-state index in [2.05, 4.69) is 38.3 Å². The van der Waals surface area contributed by atoms with Crippen LogP contribution in [0.3, 0.4) is 0 Å². The van der Waals surface area contributed by atoms with Gasteiger partial charge in [-0.2, -0.15) is 0 Å². The van der Waals surface area contributed by atoms with Crippen molar-refractivity contribution < 1.29 is 0 Å². The zero-order valence-corrected chi connectivity index (χ0v) is 11.7. The van der Waals surface area contributed by atoms with Gasteiger partial charge in [0.1, 0.15) is 0 Å². The molecule has 2 nitrogen and oxygen atoms in total. The summed E-state index contributed by atoms with van der Waals surface area (Å²) in [6, 6.07) is 3.08. The molecular weight excluding hydrogens is 208 g/mol. The minimum absolute atomic E-state index is 0.246. The van der Waals surface area contributed by atoms with E-state index in [0.717, 1.165) is 0 Å². The molecule has 1 aromatic heterocycles. The highest BCUT2D eigenvalue weighted by molar-refractivity contribution is 5.30. The van der Waals surface area contributed by atoms with Crippen LogP contribution < -0.4 is 5.73 Å². The van der Waals surface area contributed by atoms with Crippen LogP contribution in [0.15, 0.2) is 6.07 Å². The first kappa shape index (κ1) is 12.7. The van der Waals surface area contributed by atoms with Gasteiger partial charge in [-0.05, 0) is 58.1 Å². The first-order valence-electron chi connectivity index (χ1n) is 6.96. The Kier molecular flexibility index (Phi) is 3.62. The average molecular weight is 234 g/mol. The lowest BCUT2D eigenvalue weighted by Crippen LogP contribution is -2.20. The molecule has 1 aliphatic rings. The van der Waals surface area contributed by atoms with E-state index in [1.807, 2.05) is 0 Å². The molecular formula is C15H26N2. The maximum Gasteiger partial charge on any atom is 0.0341 e. The minimum Gasteiger partial charge on any atom is -0.346 e. The summed E-state index contributed by atoms with van der Waals surface area (Å²) in [5, 5.41) is 0. The fourth-order valence-corrected chi connectivity index (χ4v) is 3.51. The second kappa shape index (κ2) is 4.85. The lowest BCUT2D eigenvalue weighted by atomic mass is 9.92. The summed E-state index contributed by atoms with van der Waals surface area (Å²) in [5.41, 5.74) is 10.6. The standard InChI is InChI=1S/C15H26N2/c1-10(2)17-11(3)9-14(12(17)4)15(16)13-7-5-6-8-13/h9-10,13,15H,5-8,16H2,1-4H3. The smallest absolute Gasteiger partial charge is 0.0341 e. The van der Waals surface area contributed by atoms with Crippen molar-refractivity contribution >= 4 is 0 Å². The van der Waals surface area contributed by atoms with Crippen molar-refractivity contribution in [2.75, 3.05) is 0 Å². The Morgan fingerprint density at radius 1 is 1.24 bits per heavy atom. The quantitative estimate of drug-likeness (QED) is 0.845. The predicted octanol–water partition coefficient (Wildman–Crippen LogP) is 3.88. The topological polar surface area (TPSA) is 30.9 Å². The lowest BCUT2D eigenvalue weighted by molar-refractivity contribution is 0.441. The zero-order valence-electron chi connectivity index (χ0n) is 11.7. The van der Waals surface area contributed by atoms with Gasteiger partial charge in [-0.25, -0.2) is 0 Å². The first-order chi connectivity index (χ1) is 8.02. The van der Waals surface area contributed by atoms with Crippen molar-refractivity contribution in [2.24, 2.45) is 11.7 Å². The highest BCUT2D eigenvalue weighted by Gasteiger charge is 2.26. The van der Waals surface area contributed by atoms with Crippen LogP contribution in [0.25, 0.3) is 0 Å². The highest BCUT2D eigenvalue weighted by Crippen LogP contribution is 2.36. The van der Waals surface area contributed by atoms with Crippen LogP contribution >= 0.6 is 0 Å². The number of nitrogens with zero attached hydrogens (tertiary/aromatic N) is 1. The molecule has 0 spiro atoms. The van der Waals surface area contributed by atoms with Gasteiger partial charge in [0.15, 0.2) is 0 Å². The molecule has 0 amide bonds. The summed E-state index contributed by atoms with van der Waals surface area (Å²) in [7, 11) is 0. The third-order valence-corrected chi connectivity index (χ3v) is 4.31. The van der Waals surface area contributed by atoms with Gasteiger partial charge in [-0.3, -0.25) is 0 Å². The Labute approximate surface area is 105 Å². The molecule has 1 heterocycles. The van der Waals surface area contributed by atoms with E-state index >= 15 is 0 Å². The summed E-state index contributed by atoms with van der Waals surface area (Å²) in [4.78, 5) is 0. The van der Waals surface area contributed by atoms with Crippen LogP contribution in [0.1, 0.15) is 68.6 Å². The van der Waals surface area contributed by atoms with Crippen molar-refractivity contribution in [1.29, 1.82) is 0 Å². The van der Waals surface area contributed by atoms with E-state index in [9.17, 15) is 0 Å². The van der Waals surface area contributed by atoms with E-state index in [0.29, 0.717) is 12.0 Å². The Bertz CT molecular complexity index is 384. The van der Waals surface area contributed by atoms with Gasteiger partial charge in [0.25, 0.3) is 0 Å². The van der Waals surface area contributed by atoms with Gasteiger partial charge < -0.3 is 10.3 Å². The van der Waals surface area contributed by atoms with Crippen LogP contribution in [0.5, 0.6) is 0 Å². The van der Waals surface area contributed by atoms with Crippen molar-refractivity contribution in [1.82, 2.24) is 4.57 Å². The van der Waals surface area contributed by atoms with E-state index < -0.39 is 0 Å². The van der Waals surface area contributed by atoms with Crippen molar-refractivity contribution in [2.45, 2.75) is 65.5 Å². The van der Waals surface area contributed by atoms with Crippen LogP contribution in [0.4, 0.5) is 0 Å². The average Bonchev–Trinajstić information content (AvgIpc) is 2.85. The SMILES string of the molecule is Cc1cc(C(N)C2CCCC2)c(C)n1C(C)C. The van der Waals surface area contributed by atoms with Crippen LogP contribution in [0.2, 0.25) is 0 Å². The van der Waals surface area contributed by atoms with Gasteiger partial charge in [0.2, 0.25) is 0 Å². The number of nitrogens with two attached hydrogens (primary N) is 1. The summed E-state index contributed by atoms with van der Waals surface area (Å²) >= 11 is 0. The van der Waals surface area contributed by atoms with Crippen LogP contribution in [-0.4, -0.2) is 4.57 Å². The molecule has 2 rings (SSSR count). The third kappa shape index (κ3) is 2.28. The lowest BCUT2D eigenvalue weighted by Gasteiger charge is -2.20. The molecule has 0 aliphatic heterocycles. The number of aryl methyl sites for hydroxylation is 1. The molecule has 1 unspecified atom stereocenters. The zero-order chi connectivity index (χ0) is 12.6. The van der Waals surface area contributed by atoms with Gasteiger partial charge in [0, 0.05) is 23.5 Å². The van der Waals surface area contributed by atoms with Crippen LogP contribution in [0, 0.1) is 19.8 Å². The largest absolute Gasteiger partial charge is 0.346 e. The number of hydrogen-bond donors (Lipinski definition) is 1. The van der Waals surface area contributed by atoms with E-state index in [1.165, 1.54) is 42.6 Å². The Balaban J connectivity index is 2.29. The van der Waals surface area contributed by atoms with Gasteiger partial charge in [0.05, 0.1) is 0 Å². The molecule has 17 heavy (non-hydrogen) atoms. The highest BCUT2D eigenvalue weighted by atomic mass is 15.0. The molecule has 1 aromatic rings. The Morgan fingerprint density at radius 2 is 1.82 bits per heavy atom. The molecule has 96 valence electrons. The Morgan fingerprint density at radius 3 is 2.29 bits per heavy atom. The number of aromatic nitrogens is 1. The monoisotopic (exact) mass is 234 g/mol. The van der Waals surface area contributed by atoms with Gasteiger partial charge >= 0.3 is 0 Å². The van der Waals surface area contributed by atoms with Crippen molar-refractivity contribution in [3.05, 3.63) is 23.0 Å². The summed E-state index contributed by atoms with van der Waals surface area (Å²) in [6.45, 7) is 8.89.